The summed E-state index contributed by atoms with van der Waals surface area (Å²) in [7, 11) is 0. The van der Waals surface area contributed by atoms with E-state index < -0.39 is 0 Å². The fourth-order valence-corrected chi connectivity index (χ4v) is 3.26. The quantitative estimate of drug-likeness (QED) is 0.639. The summed E-state index contributed by atoms with van der Waals surface area (Å²) in [6, 6.07) is 1.94. The van der Waals surface area contributed by atoms with E-state index in [1.807, 2.05) is 11.4 Å². The van der Waals surface area contributed by atoms with E-state index >= 15 is 0 Å². The minimum atomic E-state index is 0.122. The Labute approximate surface area is 103 Å². The Balaban J connectivity index is 2.14. The highest BCUT2D eigenvalue weighted by Crippen LogP contribution is 2.20. The largest absolute Gasteiger partial charge is 0.293 e. The van der Waals surface area contributed by atoms with Crippen LogP contribution in [0, 0.1) is 3.57 Å². The number of carbonyl (C=O) groups excluding carboxylic acids is 1. The van der Waals surface area contributed by atoms with Crippen molar-refractivity contribution in [3.05, 3.63) is 31.8 Å². The van der Waals surface area contributed by atoms with Gasteiger partial charge in [0, 0.05) is 3.57 Å². The van der Waals surface area contributed by atoms with Gasteiger partial charge in [0.1, 0.15) is 0 Å². The van der Waals surface area contributed by atoms with Gasteiger partial charge in [0.2, 0.25) is 0 Å². The average molecular weight is 336 g/mol. The van der Waals surface area contributed by atoms with Crippen LogP contribution < -0.4 is 0 Å². The van der Waals surface area contributed by atoms with Crippen molar-refractivity contribution in [1.82, 2.24) is 8.75 Å². The Bertz CT molecular complexity index is 438. The van der Waals surface area contributed by atoms with E-state index in [9.17, 15) is 4.79 Å². The highest BCUT2D eigenvalue weighted by molar-refractivity contribution is 14.1. The first-order chi connectivity index (χ1) is 6.77. The lowest BCUT2D eigenvalue weighted by molar-refractivity contribution is 0.0995. The van der Waals surface area contributed by atoms with Gasteiger partial charge >= 0.3 is 0 Å². The van der Waals surface area contributed by atoms with Gasteiger partial charge in [-0.15, -0.1) is 11.3 Å². The average Bonchev–Trinajstić information content (AvgIpc) is 2.75. The number of hydrogen-bond donors (Lipinski definition) is 0. The molecule has 0 spiro atoms. The predicted octanol–water partition coefficient (Wildman–Crippen LogP) is 2.63. The highest BCUT2D eigenvalue weighted by Gasteiger charge is 2.13. The van der Waals surface area contributed by atoms with E-state index in [1.165, 1.54) is 11.3 Å². The second-order valence-electron chi connectivity index (χ2n) is 2.60. The van der Waals surface area contributed by atoms with Gasteiger partial charge in [0.25, 0.3) is 0 Å². The lowest BCUT2D eigenvalue weighted by Crippen LogP contribution is -2.02. The van der Waals surface area contributed by atoms with E-state index in [4.69, 9.17) is 0 Å². The van der Waals surface area contributed by atoms with Crippen molar-refractivity contribution in [2.45, 2.75) is 6.42 Å². The molecular weight excluding hydrogens is 331 g/mol. The van der Waals surface area contributed by atoms with Gasteiger partial charge in [-0.2, -0.15) is 8.75 Å². The molecule has 0 fully saturated rings. The van der Waals surface area contributed by atoms with Gasteiger partial charge in [-0.3, -0.25) is 4.79 Å². The first kappa shape index (κ1) is 10.2. The molecule has 72 valence electrons. The molecule has 0 aromatic carbocycles. The zero-order chi connectivity index (χ0) is 9.97. The van der Waals surface area contributed by atoms with Crippen LogP contribution >= 0.6 is 45.7 Å². The molecule has 0 amide bonds. The van der Waals surface area contributed by atoms with Crippen LogP contribution in [0.5, 0.6) is 0 Å². The first-order valence-electron chi connectivity index (χ1n) is 3.80. The van der Waals surface area contributed by atoms with Crippen LogP contribution in [0.25, 0.3) is 0 Å². The van der Waals surface area contributed by atoms with Crippen LogP contribution in [-0.4, -0.2) is 14.5 Å². The van der Waals surface area contributed by atoms with Crippen molar-refractivity contribution in [1.29, 1.82) is 0 Å². The van der Waals surface area contributed by atoms with Crippen LogP contribution in [-0.2, 0) is 6.42 Å². The number of rotatable bonds is 3. The lowest BCUT2D eigenvalue weighted by atomic mass is 10.2. The molecule has 0 saturated carbocycles. The topological polar surface area (TPSA) is 42.9 Å². The smallest absolute Gasteiger partial charge is 0.179 e. The fourth-order valence-electron chi connectivity index (χ4n) is 0.999. The standard InChI is InChI=1S/C8H5IN2OS2/c9-6-1-2-13-8(6)7(12)3-5-4-10-14-11-5/h1-2,4H,3H2. The monoisotopic (exact) mass is 336 g/mol. The maximum atomic E-state index is 11.7. The molecule has 0 aliphatic carbocycles. The van der Waals surface area contributed by atoms with Crippen molar-refractivity contribution in [3.63, 3.8) is 0 Å². The van der Waals surface area contributed by atoms with Crippen LogP contribution in [0.4, 0.5) is 0 Å². The van der Waals surface area contributed by atoms with Crippen LogP contribution in [0.3, 0.4) is 0 Å². The van der Waals surface area contributed by atoms with Gasteiger partial charge in [0.15, 0.2) is 5.78 Å². The summed E-state index contributed by atoms with van der Waals surface area (Å²) < 4.78 is 8.88. The maximum Gasteiger partial charge on any atom is 0.179 e. The van der Waals surface area contributed by atoms with E-state index in [1.54, 1.807) is 6.20 Å². The minimum absolute atomic E-state index is 0.122. The van der Waals surface area contributed by atoms with Crippen molar-refractivity contribution in [2.24, 2.45) is 0 Å². The fraction of sp³-hybridized carbons (Fsp3) is 0.125. The molecule has 3 nitrogen and oxygen atoms in total. The van der Waals surface area contributed by atoms with Crippen molar-refractivity contribution < 1.29 is 4.79 Å². The second-order valence-corrected chi connectivity index (χ2v) is 5.23. The number of Topliss-reactive ketones (excluding diaryl/α,β-unsaturated/α-hetero) is 1. The SMILES string of the molecule is O=C(Cc1cnsn1)c1sccc1I. The molecule has 2 heterocycles. The highest BCUT2D eigenvalue weighted by atomic mass is 127. The van der Waals surface area contributed by atoms with Gasteiger partial charge in [0.05, 0.1) is 34.9 Å². The van der Waals surface area contributed by atoms with Crippen LogP contribution in [0.1, 0.15) is 15.4 Å². The van der Waals surface area contributed by atoms with E-state index in [0.717, 1.165) is 25.9 Å². The maximum absolute atomic E-state index is 11.7. The summed E-state index contributed by atoms with van der Waals surface area (Å²) in [5.74, 6) is 0.122. The molecule has 14 heavy (non-hydrogen) atoms. The Hall–Kier alpha value is -0.340. The summed E-state index contributed by atoms with van der Waals surface area (Å²) in [6.45, 7) is 0. The van der Waals surface area contributed by atoms with Crippen LogP contribution in [0.2, 0.25) is 0 Å². The Kier molecular flexibility index (Phi) is 3.24. The molecule has 0 N–H and O–H groups in total. The molecule has 2 aromatic heterocycles. The van der Waals surface area contributed by atoms with E-state index in [2.05, 4.69) is 31.3 Å². The van der Waals surface area contributed by atoms with Gasteiger partial charge in [-0.05, 0) is 34.0 Å². The summed E-state index contributed by atoms with van der Waals surface area (Å²) in [4.78, 5) is 12.6. The Morgan fingerprint density at radius 1 is 1.57 bits per heavy atom. The summed E-state index contributed by atoms with van der Waals surface area (Å²) in [5, 5.41) is 1.92. The number of carbonyl (C=O) groups is 1. The van der Waals surface area contributed by atoms with E-state index in [0.29, 0.717) is 6.42 Å². The predicted molar refractivity (Wildman–Crippen MR) is 65.0 cm³/mol. The molecule has 0 saturated heterocycles. The van der Waals surface area contributed by atoms with Crippen molar-refractivity contribution in [3.8, 4) is 0 Å². The molecule has 0 aliphatic rings. The third-order valence-corrected chi connectivity index (χ3v) is 4.36. The summed E-state index contributed by atoms with van der Waals surface area (Å²) in [6.07, 6.45) is 2.00. The second kappa shape index (κ2) is 4.45. The molecule has 2 aromatic rings. The van der Waals surface area contributed by atoms with Crippen LogP contribution in [0.15, 0.2) is 17.6 Å². The first-order valence-corrected chi connectivity index (χ1v) is 6.49. The minimum Gasteiger partial charge on any atom is -0.293 e. The molecular formula is C8H5IN2OS2. The number of halogens is 1. The Morgan fingerprint density at radius 2 is 2.43 bits per heavy atom. The molecule has 0 radical (unpaired) electrons. The number of hydrogen-bond acceptors (Lipinski definition) is 5. The number of aromatic nitrogens is 2. The van der Waals surface area contributed by atoms with Gasteiger partial charge in [-0.1, -0.05) is 0 Å². The normalized spacial score (nSPS) is 10.4. The summed E-state index contributed by atoms with van der Waals surface area (Å²) in [5.41, 5.74) is 0.754. The Morgan fingerprint density at radius 3 is 3.00 bits per heavy atom. The zero-order valence-electron chi connectivity index (χ0n) is 6.94. The van der Waals surface area contributed by atoms with Gasteiger partial charge < -0.3 is 0 Å². The number of thiophene rings is 1. The number of nitrogens with zero attached hydrogens (tertiary/aromatic N) is 2. The molecule has 2 rings (SSSR count). The third-order valence-electron chi connectivity index (χ3n) is 1.62. The molecule has 0 aliphatic heterocycles. The van der Waals surface area contributed by atoms with Crippen molar-refractivity contribution in [2.75, 3.05) is 0 Å². The molecule has 6 heteroatoms. The molecule has 0 unspecified atom stereocenters. The number of ketones is 1. The zero-order valence-corrected chi connectivity index (χ0v) is 10.7. The third kappa shape index (κ3) is 2.18. The van der Waals surface area contributed by atoms with Gasteiger partial charge in [-0.25, -0.2) is 0 Å². The van der Waals surface area contributed by atoms with Crippen molar-refractivity contribution >= 4 is 51.4 Å². The van der Waals surface area contributed by atoms with E-state index in [-0.39, 0.29) is 5.78 Å². The molecule has 0 atom stereocenters. The summed E-state index contributed by atoms with van der Waals surface area (Å²) >= 11 is 4.78. The lowest BCUT2D eigenvalue weighted by Gasteiger charge is -1.94. The molecule has 0 bridgehead atoms.